The Bertz CT molecular complexity index is 474. The first kappa shape index (κ1) is 11.7. The standard InChI is InChI=1S/C10H11BrN2O2S/c11-7-2-8(10(15)12-3-7)13-4-6(5-16)1-9(13)14/h2-3,6,16H,1,4-5H2,(H,12,15). The molecular weight excluding hydrogens is 292 g/mol. The van der Waals surface area contributed by atoms with Crippen LogP contribution in [0.3, 0.4) is 0 Å². The Hall–Kier alpha value is -0.750. The zero-order valence-corrected chi connectivity index (χ0v) is 10.9. The Balaban J connectivity index is 2.34. The summed E-state index contributed by atoms with van der Waals surface area (Å²) in [5, 5.41) is 0. The van der Waals surface area contributed by atoms with E-state index in [1.54, 1.807) is 12.3 Å². The molecule has 0 spiro atoms. The van der Waals surface area contributed by atoms with Crippen LogP contribution < -0.4 is 10.5 Å². The minimum absolute atomic E-state index is 0.0114. The molecule has 1 amide bonds. The highest BCUT2D eigenvalue weighted by atomic mass is 79.9. The Kier molecular flexibility index (Phi) is 3.39. The van der Waals surface area contributed by atoms with E-state index in [4.69, 9.17) is 0 Å². The highest BCUT2D eigenvalue weighted by molar-refractivity contribution is 9.10. The first-order valence-corrected chi connectivity index (χ1v) is 6.34. The number of nitrogens with one attached hydrogen (secondary N) is 1. The number of aromatic nitrogens is 1. The first-order valence-electron chi connectivity index (χ1n) is 4.91. The van der Waals surface area contributed by atoms with Crippen LogP contribution in [0.1, 0.15) is 6.42 Å². The van der Waals surface area contributed by atoms with Crippen molar-refractivity contribution in [1.29, 1.82) is 0 Å². The van der Waals surface area contributed by atoms with Crippen LogP contribution in [0.25, 0.3) is 0 Å². The Morgan fingerprint density at radius 3 is 2.94 bits per heavy atom. The fraction of sp³-hybridized carbons (Fsp3) is 0.400. The molecular formula is C10H11BrN2O2S. The molecule has 1 aliphatic heterocycles. The molecule has 16 heavy (non-hydrogen) atoms. The maximum absolute atomic E-state index is 11.7. The minimum atomic E-state index is -0.239. The van der Waals surface area contributed by atoms with Crippen molar-refractivity contribution < 1.29 is 4.79 Å². The molecule has 1 saturated heterocycles. The molecule has 1 aromatic heterocycles. The second kappa shape index (κ2) is 4.63. The molecule has 1 atom stereocenters. The Morgan fingerprint density at radius 2 is 2.31 bits per heavy atom. The largest absolute Gasteiger partial charge is 0.326 e. The van der Waals surface area contributed by atoms with Gasteiger partial charge < -0.3 is 9.88 Å². The number of thiol groups is 1. The average Bonchev–Trinajstić information content (AvgIpc) is 2.63. The topological polar surface area (TPSA) is 53.2 Å². The lowest BCUT2D eigenvalue weighted by Crippen LogP contribution is -2.30. The number of hydrogen-bond acceptors (Lipinski definition) is 3. The normalized spacial score (nSPS) is 20.5. The van der Waals surface area contributed by atoms with Crippen LogP contribution in [0.2, 0.25) is 0 Å². The van der Waals surface area contributed by atoms with Gasteiger partial charge in [-0.15, -0.1) is 0 Å². The zero-order chi connectivity index (χ0) is 11.7. The minimum Gasteiger partial charge on any atom is -0.326 e. The summed E-state index contributed by atoms with van der Waals surface area (Å²) in [4.78, 5) is 27.5. The summed E-state index contributed by atoms with van der Waals surface area (Å²) < 4.78 is 0.754. The van der Waals surface area contributed by atoms with Gasteiger partial charge in [-0.2, -0.15) is 12.6 Å². The number of rotatable bonds is 2. The van der Waals surface area contributed by atoms with Crippen LogP contribution in [-0.4, -0.2) is 23.2 Å². The van der Waals surface area contributed by atoms with Gasteiger partial charge in [0, 0.05) is 23.6 Å². The fourth-order valence-corrected chi connectivity index (χ4v) is 2.36. The number of carbonyl (C=O) groups excluding carboxylic acids is 1. The molecule has 0 aromatic carbocycles. The summed E-state index contributed by atoms with van der Waals surface area (Å²) in [6.45, 7) is 0.571. The third-order valence-corrected chi connectivity index (χ3v) is 3.58. The smallest absolute Gasteiger partial charge is 0.271 e. The molecule has 0 radical (unpaired) electrons. The van der Waals surface area contributed by atoms with Crippen LogP contribution >= 0.6 is 28.6 Å². The quantitative estimate of drug-likeness (QED) is 0.812. The van der Waals surface area contributed by atoms with Crippen molar-refractivity contribution in [1.82, 2.24) is 4.98 Å². The molecule has 0 aliphatic carbocycles. The monoisotopic (exact) mass is 302 g/mol. The summed E-state index contributed by atoms with van der Waals surface area (Å²) in [5.74, 6) is 0.880. The van der Waals surface area contributed by atoms with E-state index in [0.29, 0.717) is 24.4 Å². The third kappa shape index (κ3) is 2.17. The second-order valence-electron chi connectivity index (χ2n) is 3.79. The zero-order valence-electron chi connectivity index (χ0n) is 8.44. The number of amides is 1. The van der Waals surface area contributed by atoms with Crippen LogP contribution in [0.5, 0.6) is 0 Å². The van der Waals surface area contributed by atoms with Gasteiger partial charge in [-0.3, -0.25) is 9.59 Å². The van der Waals surface area contributed by atoms with E-state index in [1.807, 2.05) is 0 Å². The van der Waals surface area contributed by atoms with Gasteiger partial charge >= 0.3 is 0 Å². The molecule has 0 bridgehead atoms. The lowest BCUT2D eigenvalue weighted by molar-refractivity contribution is -0.117. The van der Waals surface area contributed by atoms with Gasteiger partial charge in [0.05, 0.1) is 0 Å². The summed E-state index contributed by atoms with van der Waals surface area (Å²) in [7, 11) is 0. The lowest BCUT2D eigenvalue weighted by atomic mass is 10.1. The number of pyridine rings is 1. The van der Waals surface area contributed by atoms with Crippen molar-refractivity contribution in [2.24, 2.45) is 5.92 Å². The van der Waals surface area contributed by atoms with E-state index < -0.39 is 0 Å². The fourth-order valence-electron chi connectivity index (χ4n) is 1.78. The van der Waals surface area contributed by atoms with Gasteiger partial charge in [0.25, 0.3) is 5.56 Å². The molecule has 4 nitrogen and oxygen atoms in total. The number of H-pyrrole nitrogens is 1. The average molecular weight is 303 g/mol. The second-order valence-corrected chi connectivity index (χ2v) is 5.07. The molecule has 6 heteroatoms. The van der Waals surface area contributed by atoms with Crippen molar-refractivity contribution in [3.05, 3.63) is 27.1 Å². The van der Waals surface area contributed by atoms with Crippen LogP contribution in [0.4, 0.5) is 5.69 Å². The van der Waals surface area contributed by atoms with Gasteiger partial charge in [-0.1, -0.05) is 0 Å². The molecule has 86 valence electrons. The van der Waals surface area contributed by atoms with Crippen LogP contribution in [0.15, 0.2) is 21.5 Å². The van der Waals surface area contributed by atoms with Gasteiger partial charge in [-0.05, 0) is 33.7 Å². The SMILES string of the molecule is O=C1CC(CS)CN1c1cc(Br)c[nH]c1=O. The molecule has 1 aliphatic rings. The highest BCUT2D eigenvalue weighted by Crippen LogP contribution is 2.24. The predicted molar refractivity (Wildman–Crippen MR) is 69.1 cm³/mol. The molecule has 1 fully saturated rings. The Labute approximate surface area is 107 Å². The number of hydrogen-bond donors (Lipinski definition) is 2. The van der Waals surface area contributed by atoms with Crippen molar-refractivity contribution in [2.45, 2.75) is 6.42 Å². The van der Waals surface area contributed by atoms with E-state index in [2.05, 4.69) is 33.5 Å². The van der Waals surface area contributed by atoms with Crippen molar-refractivity contribution in [2.75, 3.05) is 17.2 Å². The first-order chi connectivity index (χ1) is 7.61. The number of anilines is 1. The summed E-state index contributed by atoms with van der Waals surface area (Å²) in [6, 6.07) is 1.66. The number of halogens is 1. The van der Waals surface area contributed by atoms with Crippen molar-refractivity contribution in [3.8, 4) is 0 Å². The van der Waals surface area contributed by atoms with Crippen LogP contribution in [0, 0.1) is 5.92 Å². The van der Waals surface area contributed by atoms with E-state index in [9.17, 15) is 9.59 Å². The van der Waals surface area contributed by atoms with Gasteiger partial charge in [0.15, 0.2) is 0 Å². The van der Waals surface area contributed by atoms with E-state index in [0.717, 1.165) is 4.47 Å². The maximum Gasteiger partial charge on any atom is 0.271 e. The number of carbonyl (C=O) groups is 1. The van der Waals surface area contributed by atoms with Gasteiger partial charge in [-0.25, -0.2) is 0 Å². The lowest BCUT2D eigenvalue weighted by Gasteiger charge is -2.15. The van der Waals surface area contributed by atoms with Gasteiger partial charge in [0.1, 0.15) is 5.69 Å². The summed E-state index contributed by atoms with van der Waals surface area (Å²) in [5.41, 5.74) is 0.167. The molecule has 0 saturated carbocycles. The summed E-state index contributed by atoms with van der Waals surface area (Å²) >= 11 is 7.45. The van der Waals surface area contributed by atoms with E-state index >= 15 is 0 Å². The molecule has 1 N–H and O–H groups in total. The van der Waals surface area contributed by atoms with E-state index in [1.165, 1.54) is 4.90 Å². The Morgan fingerprint density at radius 1 is 1.56 bits per heavy atom. The van der Waals surface area contributed by atoms with Crippen LogP contribution in [-0.2, 0) is 4.79 Å². The van der Waals surface area contributed by atoms with Crippen molar-refractivity contribution in [3.63, 3.8) is 0 Å². The van der Waals surface area contributed by atoms with E-state index in [-0.39, 0.29) is 17.4 Å². The number of nitrogens with zero attached hydrogens (tertiary/aromatic N) is 1. The molecule has 1 aromatic rings. The molecule has 2 heterocycles. The predicted octanol–water partition coefficient (Wildman–Crippen LogP) is 1.42. The molecule has 2 rings (SSSR count). The maximum atomic E-state index is 11.7. The molecule has 1 unspecified atom stereocenters. The summed E-state index contributed by atoms with van der Waals surface area (Å²) in [6.07, 6.45) is 2.03. The third-order valence-electron chi connectivity index (χ3n) is 2.60. The highest BCUT2D eigenvalue weighted by Gasteiger charge is 2.31. The van der Waals surface area contributed by atoms with Crippen molar-refractivity contribution >= 4 is 40.2 Å². The number of aromatic amines is 1. The van der Waals surface area contributed by atoms with Gasteiger partial charge in [0.2, 0.25) is 5.91 Å².